The molecular weight excluding hydrogens is 168 g/mol. The molecule has 0 aromatic carbocycles. The lowest BCUT2D eigenvalue weighted by Crippen LogP contribution is -2.21. The van der Waals surface area contributed by atoms with Gasteiger partial charge in [-0.3, -0.25) is 0 Å². The number of aliphatic carboxylic acids is 1. The number of aliphatic hydroxyl groups excluding tert-OH is 1. The molecule has 0 radical (unpaired) electrons. The lowest BCUT2D eigenvalue weighted by molar-refractivity contribution is -0.144. The Kier molecular flexibility index (Phi) is 5.94. The molecule has 3 nitrogen and oxygen atoms in total. The topological polar surface area (TPSA) is 57.5 Å². The Morgan fingerprint density at radius 2 is 2.23 bits per heavy atom. The summed E-state index contributed by atoms with van der Waals surface area (Å²) < 4.78 is 0. The quantitative estimate of drug-likeness (QED) is 0.640. The zero-order valence-electron chi connectivity index (χ0n) is 8.08. The van der Waals surface area contributed by atoms with Crippen LogP contribution in [0.4, 0.5) is 0 Å². The van der Waals surface area contributed by atoms with Crippen LogP contribution in [0.15, 0.2) is 17.4 Å². The molecule has 3 heteroatoms. The zero-order valence-corrected chi connectivity index (χ0v) is 8.08. The van der Waals surface area contributed by atoms with Crippen LogP contribution in [-0.4, -0.2) is 22.3 Å². The molecule has 0 aliphatic carbocycles. The van der Waals surface area contributed by atoms with E-state index in [1.807, 2.05) is 6.92 Å². The highest BCUT2D eigenvalue weighted by atomic mass is 16.4. The smallest absolute Gasteiger partial charge is 0.337 e. The van der Waals surface area contributed by atoms with Gasteiger partial charge in [-0.15, -0.1) is 5.73 Å². The van der Waals surface area contributed by atoms with Crippen molar-refractivity contribution in [3.63, 3.8) is 0 Å². The van der Waals surface area contributed by atoms with Crippen molar-refractivity contribution < 1.29 is 15.0 Å². The zero-order chi connectivity index (χ0) is 10.3. The predicted molar refractivity (Wildman–Crippen MR) is 50.4 cm³/mol. The number of rotatable bonds is 5. The maximum Gasteiger partial charge on any atom is 0.337 e. The average Bonchev–Trinajstić information content (AvgIpc) is 2.11. The molecule has 0 fully saturated rings. The van der Waals surface area contributed by atoms with Gasteiger partial charge in [0.05, 0.1) is 0 Å². The third-order valence-electron chi connectivity index (χ3n) is 1.69. The summed E-state index contributed by atoms with van der Waals surface area (Å²) in [6.07, 6.45) is 2.66. The summed E-state index contributed by atoms with van der Waals surface area (Å²) in [6.45, 7) is 3.76. The number of aliphatic hydroxyl groups is 1. The Balaban J connectivity index is 4.43. The molecule has 0 spiro atoms. The van der Waals surface area contributed by atoms with Crippen molar-refractivity contribution in [2.75, 3.05) is 0 Å². The van der Waals surface area contributed by atoms with Crippen molar-refractivity contribution >= 4 is 5.97 Å². The van der Waals surface area contributed by atoms with Crippen LogP contribution in [-0.2, 0) is 4.79 Å². The molecule has 0 aromatic rings. The SMILES string of the molecule is CC=C=C(CCCC)[C@@H](O)C(=O)O. The highest BCUT2D eigenvalue weighted by molar-refractivity contribution is 5.75. The van der Waals surface area contributed by atoms with Gasteiger partial charge in [-0.2, -0.15) is 0 Å². The van der Waals surface area contributed by atoms with Crippen LogP contribution in [0.25, 0.3) is 0 Å². The van der Waals surface area contributed by atoms with Crippen molar-refractivity contribution in [2.24, 2.45) is 0 Å². The molecule has 0 bridgehead atoms. The van der Waals surface area contributed by atoms with Crippen LogP contribution < -0.4 is 0 Å². The molecule has 0 amide bonds. The van der Waals surface area contributed by atoms with Crippen LogP contribution >= 0.6 is 0 Å². The summed E-state index contributed by atoms with van der Waals surface area (Å²) in [7, 11) is 0. The van der Waals surface area contributed by atoms with E-state index in [1.165, 1.54) is 0 Å². The first-order valence-corrected chi connectivity index (χ1v) is 4.44. The molecule has 0 aromatic heterocycles. The summed E-state index contributed by atoms with van der Waals surface area (Å²) in [5.74, 6) is -1.21. The van der Waals surface area contributed by atoms with E-state index >= 15 is 0 Å². The molecule has 13 heavy (non-hydrogen) atoms. The first-order chi connectivity index (χ1) is 6.13. The highest BCUT2D eigenvalue weighted by Gasteiger charge is 2.17. The predicted octanol–water partition coefficient (Wildman–Crippen LogP) is 1.72. The summed E-state index contributed by atoms with van der Waals surface area (Å²) >= 11 is 0. The minimum atomic E-state index is -1.40. The summed E-state index contributed by atoms with van der Waals surface area (Å²) in [5.41, 5.74) is 3.21. The maximum absolute atomic E-state index is 10.5. The van der Waals surface area contributed by atoms with Crippen LogP contribution in [0.2, 0.25) is 0 Å². The van der Waals surface area contributed by atoms with Crippen molar-refractivity contribution in [3.8, 4) is 0 Å². The van der Waals surface area contributed by atoms with Crippen molar-refractivity contribution in [1.82, 2.24) is 0 Å². The second-order valence-electron chi connectivity index (χ2n) is 2.80. The molecule has 0 saturated heterocycles. The van der Waals surface area contributed by atoms with E-state index in [0.717, 1.165) is 12.8 Å². The van der Waals surface area contributed by atoms with Gasteiger partial charge >= 0.3 is 5.97 Å². The molecule has 0 heterocycles. The fourth-order valence-corrected chi connectivity index (χ4v) is 0.989. The minimum absolute atomic E-state index is 0.455. The molecular formula is C10H16O3. The van der Waals surface area contributed by atoms with Gasteiger partial charge in [0.1, 0.15) is 0 Å². The van der Waals surface area contributed by atoms with Gasteiger partial charge in [-0.25, -0.2) is 4.79 Å². The maximum atomic E-state index is 10.5. The number of unbranched alkanes of at least 4 members (excludes halogenated alkanes) is 1. The first kappa shape index (κ1) is 11.9. The summed E-state index contributed by atoms with van der Waals surface area (Å²) in [4.78, 5) is 10.5. The number of carboxylic acids is 1. The number of carbonyl (C=O) groups is 1. The molecule has 0 saturated carbocycles. The first-order valence-electron chi connectivity index (χ1n) is 4.44. The van der Waals surface area contributed by atoms with Gasteiger partial charge < -0.3 is 10.2 Å². The standard InChI is InChI=1S/C10H16O3/c1-3-5-7-8(6-4-2)9(11)10(12)13/h4,9,11H,3,5,7H2,1-2H3,(H,12,13)/t6?,9-/m1/s1. The second kappa shape index (κ2) is 6.46. The molecule has 2 N–H and O–H groups in total. The van der Waals surface area contributed by atoms with Gasteiger partial charge in [-0.1, -0.05) is 13.3 Å². The van der Waals surface area contributed by atoms with Crippen LogP contribution in [0.1, 0.15) is 33.1 Å². The highest BCUT2D eigenvalue weighted by Crippen LogP contribution is 2.10. The third-order valence-corrected chi connectivity index (χ3v) is 1.69. The fourth-order valence-electron chi connectivity index (χ4n) is 0.989. The van der Waals surface area contributed by atoms with Gasteiger partial charge in [0.15, 0.2) is 6.10 Å². The second-order valence-corrected chi connectivity index (χ2v) is 2.80. The van der Waals surface area contributed by atoms with E-state index in [1.54, 1.807) is 13.0 Å². The number of hydrogen-bond donors (Lipinski definition) is 2. The molecule has 1 atom stereocenters. The Morgan fingerprint density at radius 1 is 1.62 bits per heavy atom. The Bertz CT molecular complexity index is 224. The third kappa shape index (κ3) is 4.51. The van der Waals surface area contributed by atoms with Gasteiger partial charge in [-0.05, 0) is 25.8 Å². The van der Waals surface area contributed by atoms with E-state index < -0.39 is 12.1 Å². The van der Waals surface area contributed by atoms with Gasteiger partial charge in [0.2, 0.25) is 0 Å². The molecule has 0 aliphatic rings. The molecule has 74 valence electrons. The monoisotopic (exact) mass is 184 g/mol. The van der Waals surface area contributed by atoms with E-state index in [9.17, 15) is 9.90 Å². The van der Waals surface area contributed by atoms with Crippen LogP contribution in [0.5, 0.6) is 0 Å². The normalized spacial score (nSPS) is 11.6. The number of hydrogen-bond acceptors (Lipinski definition) is 2. The largest absolute Gasteiger partial charge is 0.479 e. The van der Waals surface area contributed by atoms with E-state index in [2.05, 4.69) is 5.73 Å². The average molecular weight is 184 g/mol. The molecule has 0 aliphatic heterocycles. The fraction of sp³-hybridized carbons (Fsp3) is 0.600. The minimum Gasteiger partial charge on any atom is -0.479 e. The number of carboxylic acid groups (broad SMARTS) is 1. The van der Waals surface area contributed by atoms with E-state index in [4.69, 9.17) is 5.11 Å². The lowest BCUT2D eigenvalue weighted by Gasteiger charge is -2.07. The van der Waals surface area contributed by atoms with E-state index in [-0.39, 0.29) is 0 Å². The Hall–Kier alpha value is -1.05. The van der Waals surface area contributed by atoms with E-state index in [0.29, 0.717) is 12.0 Å². The van der Waals surface area contributed by atoms with Gasteiger partial charge in [0.25, 0.3) is 0 Å². The van der Waals surface area contributed by atoms with Crippen molar-refractivity contribution in [2.45, 2.75) is 39.2 Å². The van der Waals surface area contributed by atoms with Crippen LogP contribution in [0.3, 0.4) is 0 Å². The lowest BCUT2D eigenvalue weighted by atomic mass is 10.0. The molecule has 0 rings (SSSR count). The summed E-state index contributed by atoms with van der Waals surface area (Å²) in [6, 6.07) is 0. The van der Waals surface area contributed by atoms with Crippen molar-refractivity contribution in [3.05, 3.63) is 17.4 Å². The summed E-state index contributed by atoms with van der Waals surface area (Å²) in [5, 5.41) is 17.8. The Morgan fingerprint density at radius 3 is 2.62 bits per heavy atom. The Labute approximate surface area is 78.4 Å². The van der Waals surface area contributed by atoms with Gasteiger partial charge in [0, 0.05) is 5.57 Å². The van der Waals surface area contributed by atoms with Crippen molar-refractivity contribution in [1.29, 1.82) is 0 Å². The molecule has 0 unspecified atom stereocenters. The van der Waals surface area contributed by atoms with Crippen LogP contribution in [0, 0.1) is 0 Å².